The Hall–Kier alpha value is -3.50. The van der Waals surface area contributed by atoms with E-state index in [1.54, 1.807) is 12.1 Å². The highest BCUT2D eigenvalue weighted by Crippen LogP contribution is 2.34. The molecule has 0 bridgehead atoms. The summed E-state index contributed by atoms with van der Waals surface area (Å²) in [5.74, 6) is -1.47. The van der Waals surface area contributed by atoms with Crippen LogP contribution < -0.4 is 16.0 Å². The highest BCUT2D eigenvalue weighted by molar-refractivity contribution is 5.97. The first-order chi connectivity index (χ1) is 14.8. The zero-order chi connectivity index (χ0) is 22.8. The van der Waals surface area contributed by atoms with Gasteiger partial charge in [-0.2, -0.15) is 0 Å². The molecular weight excluding hydrogens is 406 g/mol. The number of hydrogen-bond donors (Lipinski definition) is 7. The summed E-state index contributed by atoms with van der Waals surface area (Å²) in [7, 11) is 0. The van der Waals surface area contributed by atoms with Crippen LogP contribution >= 0.6 is 0 Å². The number of nitrogens with one attached hydrogen (secondary N) is 3. The normalized spacial score (nSPS) is 17.3. The molecule has 2 aromatic carbocycles. The van der Waals surface area contributed by atoms with Crippen LogP contribution in [-0.4, -0.2) is 58.5 Å². The van der Waals surface area contributed by atoms with Gasteiger partial charge in [0, 0.05) is 25.2 Å². The van der Waals surface area contributed by atoms with E-state index in [-0.39, 0.29) is 35.1 Å². The van der Waals surface area contributed by atoms with Crippen molar-refractivity contribution < 1.29 is 34.8 Å². The molecule has 0 aromatic heterocycles. The maximum absolute atomic E-state index is 11.6. The lowest BCUT2D eigenvalue weighted by Gasteiger charge is -2.13. The molecule has 0 radical (unpaired) electrons. The van der Waals surface area contributed by atoms with Crippen LogP contribution in [0.5, 0.6) is 23.0 Å². The first-order valence-corrected chi connectivity index (χ1v) is 9.71. The van der Waals surface area contributed by atoms with Gasteiger partial charge in [-0.3, -0.25) is 14.9 Å². The molecule has 1 aliphatic heterocycles. The van der Waals surface area contributed by atoms with Gasteiger partial charge < -0.3 is 35.8 Å². The van der Waals surface area contributed by atoms with E-state index in [2.05, 4.69) is 16.0 Å². The lowest BCUT2D eigenvalue weighted by Crippen LogP contribution is -2.27. The van der Waals surface area contributed by atoms with Gasteiger partial charge in [-0.15, -0.1) is 0 Å². The Morgan fingerprint density at radius 3 is 2.42 bits per heavy atom. The van der Waals surface area contributed by atoms with E-state index in [9.17, 15) is 30.0 Å². The second-order valence-corrected chi connectivity index (χ2v) is 6.80. The number of benzene rings is 2. The Morgan fingerprint density at radius 1 is 1.10 bits per heavy atom. The van der Waals surface area contributed by atoms with Gasteiger partial charge in [0.2, 0.25) is 6.41 Å². The third-order valence-corrected chi connectivity index (χ3v) is 4.41. The van der Waals surface area contributed by atoms with Gasteiger partial charge in [0.25, 0.3) is 5.91 Å². The summed E-state index contributed by atoms with van der Waals surface area (Å²) in [4.78, 5) is 21.5. The van der Waals surface area contributed by atoms with Crippen molar-refractivity contribution in [3.05, 3.63) is 47.5 Å². The number of carbonyl (C=O) groups excluding carboxylic acids is 2. The minimum atomic E-state index is -0.468. The van der Waals surface area contributed by atoms with Crippen LogP contribution in [0.1, 0.15) is 35.5 Å². The van der Waals surface area contributed by atoms with E-state index >= 15 is 0 Å². The molecule has 168 valence electrons. The maximum Gasteiger partial charge on any atom is 0.255 e. The molecule has 3 rings (SSSR count). The Balaban J connectivity index is 0.000000224. The fraction of sp³-hybridized carbons (Fsp3) is 0.333. The van der Waals surface area contributed by atoms with Crippen molar-refractivity contribution in [3.63, 3.8) is 0 Å². The molecule has 0 saturated carbocycles. The molecule has 1 saturated heterocycles. The van der Waals surface area contributed by atoms with Crippen molar-refractivity contribution in [1.82, 2.24) is 16.0 Å². The summed E-state index contributed by atoms with van der Waals surface area (Å²) in [5.41, 5.74) is 0.600. The van der Waals surface area contributed by atoms with E-state index in [1.807, 2.05) is 6.92 Å². The topological polar surface area (TPSA) is 160 Å². The molecule has 7 N–H and O–H groups in total. The van der Waals surface area contributed by atoms with Crippen molar-refractivity contribution in [2.24, 2.45) is 0 Å². The second kappa shape index (κ2) is 11.6. The highest BCUT2D eigenvalue weighted by Gasteiger charge is 2.25. The average molecular weight is 433 g/mol. The zero-order valence-electron chi connectivity index (χ0n) is 17.0. The molecule has 1 fully saturated rings. The SMILES string of the molecule is CC1CNC(c2cccc(O)c2O)O1.O=CNCCCNC(=O)c1cccc(O)c1O. The van der Waals surface area contributed by atoms with Crippen LogP contribution in [0.15, 0.2) is 36.4 Å². The van der Waals surface area contributed by atoms with E-state index < -0.39 is 11.7 Å². The Morgan fingerprint density at radius 2 is 1.77 bits per heavy atom. The van der Waals surface area contributed by atoms with Crippen molar-refractivity contribution in [2.45, 2.75) is 25.7 Å². The largest absolute Gasteiger partial charge is 0.504 e. The van der Waals surface area contributed by atoms with Gasteiger partial charge in [-0.05, 0) is 31.5 Å². The minimum Gasteiger partial charge on any atom is -0.504 e. The van der Waals surface area contributed by atoms with Crippen molar-refractivity contribution in [1.29, 1.82) is 0 Å². The summed E-state index contributed by atoms with van der Waals surface area (Å²) in [6, 6.07) is 9.02. The lowest BCUT2D eigenvalue weighted by molar-refractivity contribution is -0.109. The molecule has 1 aliphatic rings. The standard InChI is InChI=1S/C11H14N2O4.C10H13NO3/c14-7-12-5-2-6-13-11(17)8-3-1-4-9(15)10(8)16;1-6-5-11-10(14-6)7-3-2-4-8(12)9(7)13/h1,3-4,7,15-16H,2,5-6H2,(H,12,14)(H,13,17);2-4,6,10-13H,5H2,1H3. The molecule has 10 nitrogen and oxygen atoms in total. The Labute approximate surface area is 179 Å². The predicted molar refractivity (Wildman–Crippen MR) is 112 cm³/mol. The molecule has 0 spiro atoms. The van der Waals surface area contributed by atoms with E-state index in [1.165, 1.54) is 24.3 Å². The zero-order valence-corrected chi connectivity index (χ0v) is 17.0. The fourth-order valence-corrected chi connectivity index (χ4v) is 2.81. The van der Waals surface area contributed by atoms with Gasteiger partial charge in [-0.25, -0.2) is 0 Å². The number of rotatable bonds is 7. The van der Waals surface area contributed by atoms with Crippen LogP contribution in [-0.2, 0) is 9.53 Å². The Kier molecular flexibility index (Phi) is 8.92. The van der Waals surface area contributed by atoms with Gasteiger partial charge in [0.1, 0.15) is 6.23 Å². The van der Waals surface area contributed by atoms with Gasteiger partial charge in [0.05, 0.1) is 11.7 Å². The molecular formula is C21H27N3O7. The number of para-hydroxylation sites is 2. The van der Waals surface area contributed by atoms with Crippen LogP contribution in [0.25, 0.3) is 0 Å². The van der Waals surface area contributed by atoms with E-state index in [0.29, 0.717) is 31.5 Å². The molecule has 0 aliphatic carbocycles. The third kappa shape index (κ3) is 6.76. The van der Waals surface area contributed by atoms with Crippen LogP contribution in [0, 0.1) is 0 Å². The van der Waals surface area contributed by atoms with Crippen LogP contribution in [0.3, 0.4) is 0 Å². The van der Waals surface area contributed by atoms with E-state index in [4.69, 9.17) is 4.74 Å². The summed E-state index contributed by atoms with van der Waals surface area (Å²) >= 11 is 0. The highest BCUT2D eigenvalue weighted by atomic mass is 16.5. The first-order valence-electron chi connectivity index (χ1n) is 9.71. The van der Waals surface area contributed by atoms with Crippen LogP contribution in [0.4, 0.5) is 0 Å². The molecule has 2 aromatic rings. The number of amides is 2. The average Bonchev–Trinajstić information content (AvgIpc) is 3.18. The second-order valence-electron chi connectivity index (χ2n) is 6.80. The van der Waals surface area contributed by atoms with Crippen molar-refractivity contribution in [2.75, 3.05) is 19.6 Å². The molecule has 1 heterocycles. The summed E-state index contributed by atoms with van der Waals surface area (Å²) < 4.78 is 5.50. The lowest BCUT2D eigenvalue weighted by atomic mass is 10.1. The number of phenolic OH excluding ortho intramolecular Hbond substituents is 4. The molecule has 2 atom stereocenters. The molecule has 31 heavy (non-hydrogen) atoms. The van der Waals surface area contributed by atoms with Crippen LogP contribution in [0.2, 0.25) is 0 Å². The number of hydrogen-bond acceptors (Lipinski definition) is 8. The third-order valence-electron chi connectivity index (χ3n) is 4.41. The number of phenols is 4. The molecule has 10 heteroatoms. The summed E-state index contributed by atoms with van der Waals surface area (Å²) in [6.07, 6.45) is 0.978. The number of carbonyl (C=O) groups is 2. The van der Waals surface area contributed by atoms with E-state index in [0.717, 1.165) is 6.54 Å². The fourth-order valence-electron chi connectivity index (χ4n) is 2.81. The van der Waals surface area contributed by atoms with Crippen molar-refractivity contribution >= 4 is 12.3 Å². The summed E-state index contributed by atoms with van der Waals surface area (Å²) in [5, 5.41) is 45.6. The van der Waals surface area contributed by atoms with Gasteiger partial charge in [-0.1, -0.05) is 18.2 Å². The Bertz CT molecular complexity index is 891. The summed E-state index contributed by atoms with van der Waals surface area (Å²) in [6.45, 7) is 3.54. The minimum absolute atomic E-state index is 0.0216. The number of aromatic hydroxyl groups is 4. The number of ether oxygens (including phenoxy) is 1. The molecule has 2 unspecified atom stereocenters. The van der Waals surface area contributed by atoms with Gasteiger partial charge >= 0.3 is 0 Å². The van der Waals surface area contributed by atoms with Crippen molar-refractivity contribution in [3.8, 4) is 23.0 Å². The quantitative estimate of drug-likeness (QED) is 0.194. The predicted octanol–water partition coefficient (Wildman–Crippen LogP) is 1.07. The maximum atomic E-state index is 11.6. The first kappa shape index (κ1) is 23.8. The smallest absolute Gasteiger partial charge is 0.255 e. The van der Waals surface area contributed by atoms with Gasteiger partial charge in [0.15, 0.2) is 23.0 Å². The monoisotopic (exact) mass is 433 g/mol. The molecule has 2 amide bonds.